The van der Waals surface area contributed by atoms with E-state index in [2.05, 4.69) is 0 Å². The van der Waals surface area contributed by atoms with E-state index >= 15 is 0 Å². The standard InChI is InChI=1S/C15H21NO2/c1-4-12(11-8-6-5-7-9-11)13(17)10-15(2,3)14(16)18/h5-9,12H,4,10H2,1-3H3,(H2,16,18). The van der Waals surface area contributed by atoms with Gasteiger partial charge in [0.15, 0.2) is 0 Å². The molecule has 0 aromatic heterocycles. The number of Topliss-reactive ketones (excluding diaryl/α,β-unsaturated/α-hetero) is 1. The fourth-order valence-electron chi connectivity index (χ4n) is 1.98. The molecule has 3 heteroatoms. The van der Waals surface area contributed by atoms with Gasteiger partial charge in [0.2, 0.25) is 5.91 Å². The van der Waals surface area contributed by atoms with Crippen LogP contribution in [0.3, 0.4) is 0 Å². The first-order chi connectivity index (χ1) is 8.38. The largest absolute Gasteiger partial charge is 0.369 e. The van der Waals surface area contributed by atoms with E-state index < -0.39 is 11.3 Å². The normalized spacial score (nSPS) is 13.1. The zero-order chi connectivity index (χ0) is 13.8. The molecule has 1 amide bonds. The molecule has 1 aromatic rings. The maximum absolute atomic E-state index is 12.3. The van der Waals surface area contributed by atoms with Gasteiger partial charge in [-0.1, -0.05) is 51.1 Å². The Hall–Kier alpha value is -1.64. The van der Waals surface area contributed by atoms with Crippen LogP contribution >= 0.6 is 0 Å². The molecule has 1 aromatic carbocycles. The second-order valence-electron chi connectivity index (χ2n) is 5.26. The van der Waals surface area contributed by atoms with E-state index in [9.17, 15) is 9.59 Å². The van der Waals surface area contributed by atoms with E-state index in [4.69, 9.17) is 5.73 Å². The summed E-state index contributed by atoms with van der Waals surface area (Å²) in [6, 6.07) is 9.66. The molecular formula is C15H21NO2. The van der Waals surface area contributed by atoms with Crippen molar-refractivity contribution in [3.63, 3.8) is 0 Å². The Morgan fingerprint density at radius 3 is 2.22 bits per heavy atom. The van der Waals surface area contributed by atoms with Crippen molar-refractivity contribution in [3.05, 3.63) is 35.9 Å². The Kier molecular flexibility index (Phi) is 4.65. The number of rotatable bonds is 6. The maximum Gasteiger partial charge on any atom is 0.223 e. The van der Waals surface area contributed by atoms with Crippen molar-refractivity contribution in [2.75, 3.05) is 0 Å². The van der Waals surface area contributed by atoms with Gasteiger partial charge in [0, 0.05) is 12.3 Å². The Morgan fingerprint density at radius 2 is 1.78 bits per heavy atom. The highest BCUT2D eigenvalue weighted by Gasteiger charge is 2.31. The second kappa shape index (κ2) is 5.80. The van der Waals surface area contributed by atoms with Crippen LogP contribution in [0.25, 0.3) is 0 Å². The molecular weight excluding hydrogens is 226 g/mol. The molecule has 0 heterocycles. The molecule has 3 nitrogen and oxygen atoms in total. The Labute approximate surface area is 108 Å². The topological polar surface area (TPSA) is 60.2 Å². The van der Waals surface area contributed by atoms with Gasteiger partial charge in [-0.05, 0) is 12.0 Å². The highest BCUT2D eigenvalue weighted by Crippen LogP contribution is 2.28. The Morgan fingerprint density at radius 1 is 1.22 bits per heavy atom. The zero-order valence-corrected chi connectivity index (χ0v) is 11.3. The van der Waals surface area contributed by atoms with Crippen LogP contribution in [0.2, 0.25) is 0 Å². The van der Waals surface area contributed by atoms with Gasteiger partial charge in [0.05, 0.1) is 5.41 Å². The molecule has 1 rings (SSSR count). The third-order valence-electron chi connectivity index (χ3n) is 3.28. The molecule has 0 saturated carbocycles. The summed E-state index contributed by atoms with van der Waals surface area (Å²) in [5.41, 5.74) is 5.53. The molecule has 2 N–H and O–H groups in total. The number of hydrogen-bond donors (Lipinski definition) is 1. The lowest BCUT2D eigenvalue weighted by Crippen LogP contribution is -2.34. The fourth-order valence-corrected chi connectivity index (χ4v) is 1.98. The summed E-state index contributed by atoms with van der Waals surface area (Å²) < 4.78 is 0. The minimum absolute atomic E-state index is 0.0764. The minimum atomic E-state index is -0.778. The smallest absolute Gasteiger partial charge is 0.223 e. The molecule has 0 aliphatic heterocycles. The van der Waals surface area contributed by atoms with E-state index in [0.717, 1.165) is 12.0 Å². The van der Waals surface area contributed by atoms with Crippen molar-refractivity contribution >= 4 is 11.7 Å². The van der Waals surface area contributed by atoms with Crippen LogP contribution in [-0.4, -0.2) is 11.7 Å². The lowest BCUT2D eigenvalue weighted by molar-refractivity contribution is -0.132. The molecule has 18 heavy (non-hydrogen) atoms. The molecule has 0 saturated heterocycles. The summed E-state index contributed by atoms with van der Waals surface area (Å²) >= 11 is 0. The summed E-state index contributed by atoms with van der Waals surface area (Å²) in [7, 11) is 0. The fraction of sp³-hybridized carbons (Fsp3) is 0.467. The summed E-state index contributed by atoms with van der Waals surface area (Å²) in [5, 5.41) is 0. The van der Waals surface area contributed by atoms with Gasteiger partial charge >= 0.3 is 0 Å². The van der Waals surface area contributed by atoms with Crippen molar-refractivity contribution in [1.82, 2.24) is 0 Å². The van der Waals surface area contributed by atoms with Gasteiger partial charge in [-0.15, -0.1) is 0 Å². The van der Waals surface area contributed by atoms with Gasteiger partial charge in [-0.25, -0.2) is 0 Å². The predicted molar refractivity (Wildman–Crippen MR) is 72.1 cm³/mol. The van der Waals surface area contributed by atoms with Crippen molar-refractivity contribution < 1.29 is 9.59 Å². The van der Waals surface area contributed by atoms with Crippen LogP contribution in [0.4, 0.5) is 0 Å². The number of nitrogens with two attached hydrogens (primary N) is 1. The summed E-state index contributed by atoms with van der Waals surface area (Å²) in [6.45, 7) is 5.41. The first kappa shape index (κ1) is 14.4. The van der Waals surface area contributed by atoms with Crippen molar-refractivity contribution in [1.29, 1.82) is 0 Å². The van der Waals surface area contributed by atoms with E-state index in [1.807, 2.05) is 37.3 Å². The van der Waals surface area contributed by atoms with Gasteiger partial charge in [0.25, 0.3) is 0 Å². The van der Waals surface area contributed by atoms with Crippen LogP contribution in [0.15, 0.2) is 30.3 Å². The Balaban J connectivity index is 2.85. The lowest BCUT2D eigenvalue weighted by Gasteiger charge is -2.22. The molecule has 0 fully saturated rings. The quantitative estimate of drug-likeness (QED) is 0.840. The number of carbonyl (C=O) groups is 2. The molecule has 0 bridgehead atoms. The van der Waals surface area contributed by atoms with E-state index in [0.29, 0.717) is 0 Å². The van der Waals surface area contributed by atoms with Crippen LogP contribution < -0.4 is 5.73 Å². The van der Waals surface area contributed by atoms with Crippen LogP contribution in [0.1, 0.15) is 45.1 Å². The maximum atomic E-state index is 12.3. The number of carbonyl (C=O) groups excluding carboxylic acids is 2. The van der Waals surface area contributed by atoms with Crippen molar-refractivity contribution in [2.24, 2.45) is 11.1 Å². The SMILES string of the molecule is CCC(C(=O)CC(C)(C)C(N)=O)c1ccccc1. The molecule has 0 aliphatic rings. The monoisotopic (exact) mass is 247 g/mol. The number of primary amides is 1. The average molecular weight is 247 g/mol. The van der Waals surface area contributed by atoms with Crippen molar-refractivity contribution in [3.8, 4) is 0 Å². The zero-order valence-electron chi connectivity index (χ0n) is 11.3. The Bertz CT molecular complexity index is 423. The summed E-state index contributed by atoms with van der Waals surface area (Å²) in [4.78, 5) is 23.6. The lowest BCUT2D eigenvalue weighted by atomic mass is 9.80. The van der Waals surface area contributed by atoms with Gasteiger partial charge in [-0.2, -0.15) is 0 Å². The van der Waals surface area contributed by atoms with E-state index in [1.54, 1.807) is 13.8 Å². The average Bonchev–Trinajstić information content (AvgIpc) is 2.30. The van der Waals surface area contributed by atoms with Crippen LogP contribution in [0.5, 0.6) is 0 Å². The highest BCUT2D eigenvalue weighted by molar-refractivity contribution is 5.91. The predicted octanol–water partition coefficient (Wildman–Crippen LogP) is 2.65. The second-order valence-corrected chi connectivity index (χ2v) is 5.26. The third-order valence-corrected chi connectivity index (χ3v) is 3.28. The first-order valence-electron chi connectivity index (χ1n) is 6.26. The summed E-state index contributed by atoms with van der Waals surface area (Å²) in [5.74, 6) is -0.504. The number of benzene rings is 1. The molecule has 1 unspecified atom stereocenters. The molecule has 1 atom stereocenters. The first-order valence-corrected chi connectivity index (χ1v) is 6.26. The number of amides is 1. The molecule has 98 valence electrons. The van der Waals surface area contributed by atoms with Gasteiger partial charge in [0.1, 0.15) is 5.78 Å². The van der Waals surface area contributed by atoms with E-state index in [1.165, 1.54) is 0 Å². The number of hydrogen-bond acceptors (Lipinski definition) is 2. The van der Waals surface area contributed by atoms with Crippen LogP contribution in [-0.2, 0) is 9.59 Å². The van der Waals surface area contributed by atoms with Crippen LogP contribution in [0, 0.1) is 5.41 Å². The minimum Gasteiger partial charge on any atom is -0.369 e. The third kappa shape index (κ3) is 3.42. The van der Waals surface area contributed by atoms with Gasteiger partial charge in [-0.3, -0.25) is 9.59 Å². The molecule has 0 radical (unpaired) electrons. The summed E-state index contributed by atoms with van der Waals surface area (Å²) in [6.07, 6.45) is 0.924. The number of ketones is 1. The van der Waals surface area contributed by atoms with Gasteiger partial charge < -0.3 is 5.73 Å². The highest BCUT2D eigenvalue weighted by atomic mass is 16.1. The van der Waals surface area contributed by atoms with Crippen molar-refractivity contribution in [2.45, 2.75) is 39.5 Å². The molecule has 0 aliphatic carbocycles. The molecule has 0 spiro atoms. The van der Waals surface area contributed by atoms with E-state index in [-0.39, 0.29) is 18.1 Å².